The number of benzene rings is 1. The zero-order valence-corrected chi connectivity index (χ0v) is 17.5. The Morgan fingerprint density at radius 3 is 2.93 bits per heavy atom. The normalized spacial score (nSPS) is 23.7. The lowest BCUT2D eigenvalue weighted by Crippen LogP contribution is -2.40. The molecule has 29 heavy (non-hydrogen) atoms. The van der Waals surface area contributed by atoms with Crippen LogP contribution >= 0.6 is 0 Å². The highest BCUT2D eigenvalue weighted by atomic mass is 16.1. The highest BCUT2D eigenvalue weighted by molar-refractivity contribution is 6.04. The first kappa shape index (κ1) is 19.8. The lowest BCUT2D eigenvalue weighted by Gasteiger charge is -2.44. The Labute approximate surface area is 173 Å². The second-order valence-electron chi connectivity index (χ2n) is 8.70. The molecule has 152 valence electrons. The predicted molar refractivity (Wildman–Crippen MR) is 115 cm³/mol. The summed E-state index contributed by atoms with van der Waals surface area (Å²) >= 11 is 0. The van der Waals surface area contributed by atoms with E-state index in [1.807, 2.05) is 25.1 Å². The van der Waals surface area contributed by atoms with Crippen LogP contribution in [-0.4, -0.2) is 16.7 Å². The standard InChI is InChI=1S/C25H30N2O2/c1-3-12-25-13-11-21(28)16-20(25)7-4-6-18-15-19(9-10-22(18)25)24(29)27-23-8-5-14-26-17(23)2/h5,8-10,14-15,20H,3-4,6-7,11-13,16H2,1-2H3,(H,27,29)/t20-,25+/m0/s1. The molecule has 1 fully saturated rings. The van der Waals surface area contributed by atoms with E-state index in [-0.39, 0.29) is 11.3 Å². The fraction of sp³-hybridized carbons (Fsp3) is 0.480. The van der Waals surface area contributed by atoms with Crippen LogP contribution in [0.1, 0.15) is 79.0 Å². The molecule has 4 heteroatoms. The van der Waals surface area contributed by atoms with Crippen LogP contribution in [0.5, 0.6) is 0 Å². The molecule has 1 aromatic carbocycles. The van der Waals surface area contributed by atoms with Crippen LogP contribution in [0.3, 0.4) is 0 Å². The van der Waals surface area contributed by atoms with Crippen LogP contribution in [-0.2, 0) is 16.6 Å². The molecule has 1 amide bonds. The average Bonchev–Trinajstić information content (AvgIpc) is 2.86. The lowest BCUT2D eigenvalue weighted by molar-refractivity contribution is -0.123. The van der Waals surface area contributed by atoms with Gasteiger partial charge in [-0.1, -0.05) is 19.4 Å². The number of carbonyl (C=O) groups excluding carboxylic acids is 2. The molecule has 0 bridgehead atoms. The fourth-order valence-corrected chi connectivity index (χ4v) is 5.56. The first-order chi connectivity index (χ1) is 14.0. The van der Waals surface area contributed by atoms with Gasteiger partial charge in [-0.15, -0.1) is 0 Å². The highest BCUT2D eigenvalue weighted by Crippen LogP contribution is 2.51. The number of aromatic nitrogens is 1. The average molecular weight is 391 g/mol. The van der Waals surface area contributed by atoms with E-state index in [1.165, 1.54) is 11.1 Å². The monoisotopic (exact) mass is 390 g/mol. The van der Waals surface area contributed by atoms with Crippen LogP contribution in [0.4, 0.5) is 5.69 Å². The number of fused-ring (bicyclic) bond motifs is 3. The molecular formula is C25H30N2O2. The summed E-state index contributed by atoms with van der Waals surface area (Å²) in [7, 11) is 0. The van der Waals surface area contributed by atoms with Crippen molar-refractivity contribution in [2.75, 3.05) is 5.32 Å². The number of amides is 1. The van der Waals surface area contributed by atoms with Crippen LogP contribution in [0.2, 0.25) is 0 Å². The number of rotatable bonds is 4. The van der Waals surface area contributed by atoms with E-state index in [9.17, 15) is 9.59 Å². The maximum atomic E-state index is 12.9. The Bertz CT molecular complexity index is 936. The van der Waals surface area contributed by atoms with Gasteiger partial charge in [-0.2, -0.15) is 0 Å². The number of aryl methyl sites for hydroxylation is 2. The Kier molecular flexibility index (Phi) is 5.53. The molecule has 0 aliphatic heterocycles. The van der Waals surface area contributed by atoms with Crippen molar-refractivity contribution in [3.05, 3.63) is 58.9 Å². The number of carbonyl (C=O) groups is 2. The molecule has 1 saturated carbocycles. The number of hydrogen-bond acceptors (Lipinski definition) is 3. The topological polar surface area (TPSA) is 59.1 Å². The van der Waals surface area contributed by atoms with Gasteiger partial charge in [-0.05, 0) is 85.8 Å². The number of anilines is 1. The molecule has 0 saturated heterocycles. The summed E-state index contributed by atoms with van der Waals surface area (Å²) in [5.41, 5.74) is 5.05. The number of Topliss-reactive ketones (excluding diaryl/α,β-unsaturated/α-hetero) is 1. The van der Waals surface area contributed by atoms with Crippen LogP contribution in [0.15, 0.2) is 36.5 Å². The number of pyridine rings is 1. The zero-order valence-electron chi connectivity index (χ0n) is 17.5. The van der Waals surface area contributed by atoms with Crippen molar-refractivity contribution in [2.45, 2.75) is 70.6 Å². The summed E-state index contributed by atoms with van der Waals surface area (Å²) in [5, 5.41) is 3.00. The van der Waals surface area contributed by atoms with Crippen molar-refractivity contribution in [3.63, 3.8) is 0 Å². The molecule has 1 heterocycles. The largest absolute Gasteiger partial charge is 0.320 e. The molecule has 1 N–H and O–H groups in total. The van der Waals surface area contributed by atoms with E-state index in [0.29, 0.717) is 23.7 Å². The number of nitrogens with one attached hydrogen (secondary N) is 1. The summed E-state index contributed by atoms with van der Waals surface area (Å²) in [6, 6.07) is 9.95. The Morgan fingerprint density at radius 2 is 2.14 bits per heavy atom. The number of hydrogen-bond donors (Lipinski definition) is 1. The molecule has 0 radical (unpaired) electrons. The highest BCUT2D eigenvalue weighted by Gasteiger charge is 2.45. The molecule has 2 atom stereocenters. The molecule has 2 aliphatic rings. The molecule has 0 unspecified atom stereocenters. The van der Waals surface area contributed by atoms with Gasteiger partial charge in [0.05, 0.1) is 11.4 Å². The lowest BCUT2D eigenvalue weighted by atomic mass is 9.59. The van der Waals surface area contributed by atoms with Gasteiger partial charge in [-0.3, -0.25) is 14.6 Å². The second-order valence-corrected chi connectivity index (χ2v) is 8.70. The summed E-state index contributed by atoms with van der Waals surface area (Å²) in [6.07, 6.45) is 9.52. The summed E-state index contributed by atoms with van der Waals surface area (Å²) < 4.78 is 0. The molecular weight excluding hydrogens is 360 g/mol. The van der Waals surface area contributed by atoms with E-state index < -0.39 is 0 Å². The van der Waals surface area contributed by atoms with E-state index >= 15 is 0 Å². The van der Waals surface area contributed by atoms with Crippen molar-refractivity contribution >= 4 is 17.4 Å². The van der Waals surface area contributed by atoms with Gasteiger partial charge in [0.1, 0.15) is 5.78 Å². The molecule has 0 spiro atoms. The van der Waals surface area contributed by atoms with Crippen molar-refractivity contribution in [1.29, 1.82) is 0 Å². The molecule has 4 rings (SSSR count). The Morgan fingerprint density at radius 1 is 1.28 bits per heavy atom. The summed E-state index contributed by atoms with van der Waals surface area (Å²) in [6.45, 7) is 4.14. The Balaban J connectivity index is 1.67. The minimum atomic E-state index is -0.0898. The van der Waals surface area contributed by atoms with Gasteiger partial charge >= 0.3 is 0 Å². The van der Waals surface area contributed by atoms with E-state index in [4.69, 9.17) is 0 Å². The molecule has 1 aromatic heterocycles. The maximum Gasteiger partial charge on any atom is 0.255 e. The van der Waals surface area contributed by atoms with E-state index in [1.54, 1.807) is 6.20 Å². The van der Waals surface area contributed by atoms with Crippen molar-refractivity contribution < 1.29 is 9.59 Å². The third-order valence-electron chi connectivity index (χ3n) is 6.96. The zero-order chi connectivity index (χ0) is 20.4. The second kappa shape index (κ2) is 8.10. The van der Waals surface area contributed by atoms with Crippen LogP contribution in [0.25, 0.3) is 0 Å². The molecule has 2 aliphatic carbocycles. The smallest absolute Gasteiger partial charge is 0.255 e. The number of nitrogens with zero attached hydrogens (tertiary/aromatic N) is 1. The van der Waals surface area contributed by atoms with Crippen molar-refractivity contribution in [1.82, 2.24) is 4.98 Å². The van der Waals surface area contributed by atoms with Gasteiger partial charge in [0.25, 0.3) is 5.91 Å². The number of ketones is 1. The first-order valence-corrected chi connectivity index (χ1v) is 10.9. The molecule has 2 aromatic rings. The minimum absolute atomic E-state index is 0.0898. The van der Waals surface area contributed by atoms with Gasteiger partial charge in [0.15, 0.2) is 0 Å². The van der Waals surface area contributed by atoms with Crippen LogP contribution < -0.4 is 5.32 Å². The third kappa shape index (κ3) is 3.73. The van der Waals surface area contributed by atoms with Gasteiger partial charge in [-0.25, -0.2) is 0 Å². The van der Waals surface area contributed by atoms with Gasteiger partial charge in [0, 0.05) is 24.6 Å². The SMILES string of the molecule is CCC[C@@]12CCC(=O)C[C@@H]1CCCc1cc(C(=O)Nc3cccnc3C)ccc12. The summed E-state index contributed by atoms with van der Waals surface area (Å²) in [5.74, 6) is 0.781. The maximum absolute atomic E-state index is 12.9. The van der Waals surface area contributed by atoms with Gasteiger partial charge in [0.2, 0.25) is 0 Å². The van der Waals surface area contributed by atoms with E-state index in [0.717, 1.165) is 56.3 Å². The molecule has 4 nitrogen and oxygen atoms in total. The predicted octanol–water partition coefficient (Wildman–Crippen LogP) is 5.39. The van der Waals surface area contributed by atoms with Crippen LogP contribution in [0, 0.1) is 12.8 Å². The fourth-order valence-electron chi connectivity index (χ4n) is 5.56. The first-order valence-electron chi connectivity index (χ1n) is 10.9. The van der Waals surface area contributed by atoms with E-state index in [2.05, 4.69) is 29.4 Å². The minimum Gasteiger partial charge on any atom is -0.320 e. The Hall–Kier alpha value is -2.49. The summed E-state index contributed by atoms with van der Waals surface area (Å²) in [4.78, 5) is 29.3. The van der Waals surface area contributed by atoms with Gasteiger partial charge < -0.3 is 5.32 Å². The van der Waals surface area contributed by atoms with Crippen molar-refractivity contribution in [2.24, 2.45) is 5.92 Å². The third-order valence-corrected chi connectivity index (χ3v) is 6.96. The quantitative estimate of drug-likeness (QED) is 0.762. The van der Waals surface area contributed by atoms with Crippen molar-refractivity contribution in [3.8, 4) is 0 Å².